The van der Waals surface area contributed by atoms with E-state index in [2.05, 4.69) is 44.1 Å². The fraction of sp³-hybridized carbons (Fsp3) is 0.204. The second-order valence-electron chi connectivity index (χ2n) is 31.7. The van der Waals surface area contributed by atoms with Crippen LogP contribution in [0.25, 0.3) is 34.4 Å². The van der Waals surface area contributed by atoms with E-state index in [1.165, 1.54) is 68.5 Å². The summed E-state index contributed by atoms with van der Waals surface area (Å²) in [7, 11) is 0. The number of ketones is 1. The Morgan fingerprint density at radius 1 is 0.507 bits per heavy atom. The Bertz CT molecular complexity index is 6360. The monoisotopic (exact) mass is 1990 g/mol. The first kappa shape index (κ1) is 116. The molecule has 0 radical (unpaired) electrons. The summed E-state index contributed by atoms with van der Waals surface area (Å²) in [6.45, 7) is 21.6. The van der Waals surface area contributed by atoms with Gasteiger partial charge in [-0.2, -0.15) is 4.99 Å². The van der Waals surface area contributed by atoms with Crippen molar-refractivity contribution in [2.75, 3.05) is 24.6 Å². The van der Waals surface area contributed by atoms with Crippen molar-refractivity contribution in [1.29, 1.82) is 10.8 Å². The molecule has 2 heterocycles. The molecule has 0 aliphatic heterocycles. The van der Waals surface area contributed by atoms with Crippen LogP contribution >= 0.6 is 24.8 Å². The number of Topliss-reactive ketones (excluding diaryl/α,β-unsaturated/α-hetero) is 1. The summed E-state index contributed by atoms with van der Waals surface area (Å²) >= 11 is 0. The molecule has 142 heavy (non-hydrogen) atoms. The zero-order chi connectivity index (χ0) is 100. The van der Waals surface area contributed by atoms with Crippen LogP contribution in [-0.2, 0) is 35.0 Å². The third-order valence-electron chi connectivity index (χ3n) is 20.1. The van der Waals surface area contributed by atoms with Crippen LogP contribution in [0.15, 0.2) is 255 Å². The molecule has 2 saturated carbocycles. The van der Waals surface area contributed by atoms with Gasteiger partial charge in [0.2, 0.25) is 12.6 Å². The summed E-state index contributed by atoms with van der Waals surface area (Å²) in [6.07, 6.45) is 2.31. The van der Waals surface area contributed by atoms with Gasteiger partial charge in [-0.15, -0.1) is 24.8 Å². The van der Waals surface area contributed by atoms with Gasteiger partial charge >= 0.3 is 77.7 Å². The van der Waals surface area contributed by atoms with Crippen molar-refractivity contribution in [2.24, 2.45) is 40.1 Å². The van der Waals surface area contributed by atoms with Crippen LogP contribution in [0.4, 0.5) is 31.4 Å². The molecule has 2 aromatic heterocycles. The average Bonchev–Trinajstić information content (AvgIpc) is 1.76. The average molecular weight is 1990 g/mol. The number of ether oxygens (including phenoxy) is 8. The number of nitrogen functional groups attached to an aromatic ring is 3. The second kappa shape index (κ2) is 56.7. The van der Waals surface area contributed by atoms with E-state index in [0.29, 0.717) is 92.5 Å². The number of carbonyl (C=O) groups is 11. The van der Waals surface area contributed by atoms with E-state index >= 15 is 0 Å². The fourth-order valence-electron chi connectivity index (χ4n) is 12.3. The van der Waals surface area contributed by atoms with Crippen LogP contribution in [0, 0.1) is 58.5 Å². The molecule has 2 fully saturated rings. The molecule has 15 N–H and O–H groups in total. The molecule has 4 amide bonds. The number of hydrogen-bond donors (Lipinski definition) is 10. The van der Waals surface area contributed by atoms with Crippen LogP contribution in [-0.4, -0.2) is 134 Å². The molecular formula is C103H106Cl2N13NaO23. The maximum Gasteiger partial charge on any atom is 1.00 e. The van der Waals surface area contributed by atoms with E-state index in [1.807, 2.05) is 13.0 Å². The Hall–Kier alpha value is -16.1. The minimum absolute atomic E-state index is 0. The second-order valence-corrected chi connectivity index (χ2v) is 31.7. The predicted molar refractivity (Wildman–Crippen MR) is 533 cm³/mol. The van der Waals surface area contributed by atoms with Crippen molar-refractivity contribution < 1.29 is 136 Å². The molecule has 2 aliphatic rings. The SMILES string of the molecule is C=Cc1cc(C(=O)Cc2ccc(C(=N)NC(=O)Oc3ccccc3)cc2)c(-c2ccc(C(=O)NCC3CC3)nc2C(=O)OC(C)OC(=O)C(C)C)cc1C.C=Cc1cc(C(=O)O)c(-c2ccc(C(=O)NCC3CC3)nc2C(=O)OC(C)OC(=O)C(C)C)cc1C.Cl.Cl.N=C(N)c1ccc(N)cc1.NC(=NC(=O)Oc1ccccc1)c1ccc(N)cc1.O=C(Oc1ccccc1)Oc1ccc([N+](=O)[O-])cc1.[Na+].[OH-]. The number of amides is 4. The number of nitrogens with zero attached hydrogens (tertiary/aromatic N) is 4. The largest absolute Gasteiger partial charge is 1.00 e. The smallest absolute Gasteiger partial charge is 0.870 e. The Morgan fingerprint density at radius 3 is 1.29 bits per heavy atom. The zero-order valence-corrected chi connectivity index (χ0v) is 82.5. The van der Waals surface area contributed by atoms with Crippen LogP contribution in [0.5, 0.6) is 23.0 Å². The predicted octanol–water partition coefficient (Wildman–Crippen LogP) is 14.9. The quantitative estimate of drug-likeness (QED) is 0.00191. The van der Waals surface area contributed by atoms with Gasteiger partial charge in [0.1, 0.15) is 51.9 Å². The number of nitrogens with two attached hydrogens (primary N) is 4. The number of nitrogens with one attached hydrogen (secondary N) is 5. The van der Waals surface area contributed by atoms with E-state index < -0.39 is 89.3 Å². The summed E-state index contributed by atoms with van der Waals surface area (Å²) < 4.78 is 41.1. The Kier molecular flexibility index (Phi) is 46.5. The summed E-state index contributed by atoms with van der Waals surface area (Å²) in [6, 6.07) is 63.3. The number of carboxylic acids is 1. The first-order chi connectivity index (χ1) is 65.8. The Labute approximate surface area is 852 Å². The summed E-state index contributed by atoms with van der Waals surface area (Å²) in [5, 5.41) is 43.7. The van der Waals surface area contributed by atoms with Gasteiger partial charge in [0, 0.05) is 90.2 Å². The molecule has 2 aliphatic carbocycles. The number of aryl methyl sites for hydroxylation is 2. The van der Waals surface area contributed by atoms with Crippen molar-refractivity contribution in [2.45, 2.75) is 100 Å². The number of non-ortho nitro benzene ring substituents is 1. The van der Waals surface area contributed by atoms with Crippen LogP contribution in [0.1, 0.15) is 174 Å². The van der Waals surface area contributed by atoms with Gasteiger partial charge in [0.15, 0.2) is 17.2 Å². The number of carboxylic acid groups (broad SMARTS) is 1. The van der Waals surface area contributed by atoms with E-state index in [9.17, 15) is 68.0 Å². The Balaban J connectivity index is 0.000000345. The minimum atomic E-state index is -1.26. The van der Waals surface area contributed by atoms with Crippen molar-refractivity contribution in [3.63, 3.8) is 0 Å². The number of aliphatic imine (C=N–C) groups is 1. The normalized spacial score (nSPS) is 11.7. The van der Waals surface area contributed by atoms with Crippen LogP contribution in [0.3, 0.4) is 0 Å². The number of anilines is 2. The topological polar surface area (TPSA) is 581 Å². The molecular weight excluding hydrogens is 1880 g/mol. The molecule has 0 bridgehead atoms. The summed E-state index contributed by atoms with van der Waals surface area (Å²) in [4.78, 5) is 160. The van der Waals surface area contributed by atoms with E-state index in [4.69, 9.17) is 71.6 Å². The zero-order valence-electron chi connectivity index (χ0n) is 78.9. The first-order valence-electron chi connectivity index (χ1n) is 43.1. The molecule has 0 saturated heterocycles. The number of nitro benzene ring substituents is 1. The molecule has 736 valence electrons. The van der Waals surface area contributed by atoms with Crippen LogP contribution < -0.4 is 87.4 Å². The molecule has 2 atom stereocenters. The van der Waals surface area contributed by atoms with E-state index in [1.54, 1.807) is 223 Å². The number of carbonyl (C=O) groups excluding carboxylic acids is 10. The third kappa shape index (κ3) is 36.7. The van der Waals surface area contributed by atoms with Gasteiger partial charge in [-0.3, -0.25) is 50.2 Å². The standard InChI is InChI=1S/C42H42N4O8.C27H30N2O7.C14H13N3O2.C13H9NO5.C7H9N3.2ClH.Na.H2O/c1-6-29-22-34(36(47)21-27-14-16-30(17-15-27)38(43)46-42(51)54-31-10-8-7-9-11-31)33(20-25(29)4)32-18-19-35(39(48)44-23-28-12-13-28)45-37(32)41(50)53-26(5)52-40(49)24(2)3;1-6-18-12-21(25(31)32)20(11-15(18)4)19-9-10-22(24(30)28-13-17-7-8-17)29-23(19)27(34)36-16(5)35-26(33)14(2)3;15-11-8-6-10(7-9-11)13(16)17-14(18)19-12-4-2-1-3-5-12;15-13(18-11-4-2-1-3-5-11)19-12-8-6-10(7-9-12)14(16)17;8-6-3-1-5(2-4-6)7(9)10;;;;/h6-11,14-20,22,24,26,28H,1,12-13,21,23H2,2-5H3,(H,44,48)(H2,43,46,51);6,9-12,14,16-17H,1,7-8,13H2,2-5H3,(H,28,30)(H,31,32);1-9H,15H2,(H2,16,17,18);1-9H;1-4H,8H2,(H3,9,10);2*1H;;1H2/q;;;;;;;+1;/p-1. The molecule has 39 heteroatoms. The van der Waals surface area contributed by atoms with Gasteiger partial charge < -0.3 is 82.0 Å². The Morgan fingerprint density at radius 2 is 0.894 bits per heavy atom. The fourth-order valence-corrected chi connectivity index (χ4v) is 12.3. The minimum Gasteiger partial charge on any atom is -0.870 e. The number of rotatable bonds is 30. The molecule has 36 nitrogen and oxygen atoms in total. The number of nitro groups is 1. The number of aromatic nitrogens is 2. The van der Waals surface area contributed by atoms with Gasteiger partial charge in [0.05, 0.1) is 22.3 Å². The number of benzene rings is 9. The molecule has 2 unspecified atom stereocenters. The van der Waals surface area contributed by atoms with E-state index in [-0.39, 0.29) is 152 Å². The first-order valence-corrected chi connectivity index (χ1v) is 43.1. The van der Waals surface area contributed by atoms with Crippen molar-refractivity contribution in [1.82, 2.24) is 25.9 Å². The number of aromatic carboxylic acids is 1. The number of amidine groups is 3. The number of para-hydroxylation sites is 3. The molecule has 0 spiro atoms. The number of esters is 4. The van der Waals surface area contributed by atoms with Gasteiger partial charge in [-0.25, -0.2) is 38.7 Å². The van der Waals surface area contributed by atoms with Crippen LogP contribution in [0.2, 0.25) is 0 Å². The number of hydrogen-bond acceptors (Lipinski definition) is 28. The molecule has 9 aromatic carbocycles. The number of halogens is 2. The summed E-state index contributed by atoms with van der Waals surface area (Å²) in [5.74, 6) is -4.25. The maximum absolute atomic E-state index is 14.1. The van der Waals surface area contributed by atoms with E-state index in [0.717, 1.165) is 36.8 Å². The number of pyridine rings is 2. The summed E-state index contributed by atoms with van der Waals surface area (Å²) in [5.41, 5.74) is 28.9. The van der Waals surface area contributed by atoms with Crippen molar-refractivity contribution in [3.05, 3.63) is 338 Å². The third-order valence-corrected chi connectivity index (χ3v) is 20.1. The van der Waals surface area contributed by atoms with Crippen molar-refractivity contribution in [3.8, 4) is 45.3 Å². The molecule has 11 aromatic rings. The molecule has 13 rings (SSSR count). The van der Waals surface area contributed by atoms with Gasteiger partial charge in [-0.1, -0.05) is 138 Å². The van der Waals surface area contributed by atoms with Gasteiger partial charge in [0.25, 0.3) is 17.5 Å². The van der Waals surface area contributed by atoms with Crippen molar-refractivity contribution >= 4 is 137 Å². The maximum atomic E-state index is 14.1. The van der Waals surface area contributed by atoms with Gasteiger partial charge in [-0.05, 0) is 230 Å².